The van der Waals surface area contributed by atoms with Gasteiger partial charge in [0.25, 0.3) is 0 Å². The van der Waals surface area contributed by atoms with Gasteiger partial charge >= 0.3 is 0 Å². The van der Waals surface area contributed by atoms with E-state index < -0.39 is 11.6 Å². The highest BCUT2D eigenvalue weighted by Crippen LogP contribution is 2.19. The van der Waals surface area contributed by atoms with Crippen molar-refractivity contribution in [3.05, 3.63) is 44.4 Å². The maximum Gasteiger partial charge on any atom is 0.215 e. The molecule has 8 N–H and O–H groups in total. The lowest BCUT2D eigenvalue weighted by molar-refractivity contribution is -0.114. The molecule has 0 radical (unpaired) electrons. The fraction of sp³-hybridized carbons (Fsp3) is 0.143. The minimum Gasteiger partial charge on any atom is -0.457 e. The summed E-state index contributed by atoms with van der Waals surface area (Å²) in [6, 6.07) is 0. The number of carbonyl (C=O) groups excluding carboxylic acids is 3. The molecule has 0 aliphatic heterocycles. The number of nitrogens with one attached hydrogen (secondary N) is 1. The van der Waals surface area contributed by atoms with Crippen molar-refractivity contribution in [2.45, 2.75) is 7.43 Å². The molecule has 6 nitrogen and oxygen atoms in total. The number of ketones is 3. The molecule has 2 rings (SSSR count). The van der Waals surface area contributed by atoms with Gasteiger partial charge in [-0.3, -0.25) is 14.4 Å². The monoisotopic (exact) mass is 546 g/mol. The third-order valence-corrected chi connectivity index (χ3v) is 3.09. The summed E-state index contributed by atoms with van der Waals surface area (Å²) in [5, 5.41) is 6.81. The normalized spacial score (nSPS) is 15.1. The Bertz CT molecular complexity index is 551. The molecule has 0 saturated carbocycles. The Morgan fingerprint density at radius 2 is 1.00 bits per heavy atom. The van der Waals surface area contributed by atoms with Gasteiger partial charge in [-0.15, -0.1) is 0 Å². The summed E-state index contributed by atoms with van der Waals surface area (Å²) < 4.78 is 0. The first-order valence-corrected chi connectivity index (χ1v) is 8.98. The molecule has 0 unspecified atom stereocenters. The Morgan fingerprint density at radius 1 is 0.760 bits per heavy atom. The number of hydrogen-bond acceptors (Lipinski definition) is 4. The van der Waals surface area contributed by atoms with E-state index in [9.17, 15) is 14.4 Å². The zero-order chi connectivity index (χ0) is 17.4. The van der Waals surface area contributed by atoms with Gasteiger partial charge in [0.2, 0.25) is 11.6 Å². The van der Waals surface area contributed by atoms with Crippen molar-refractivity contribution in [2.24, 2.45) is 0 Å². The van der Waals surface area contributed by atoms with Crippen LogP contribution in [0.5, 0.6) is 0 Å². The quantitative estimate of drug-likeness (QED) is 0.201. The number of halogens is 5. The molecule has 2 aliphatic carbocycles. The summed E-state index contributed by atoms with van der Waals surface area (Å²) in [6.45, 7) is 0. The van der Waals surface area contributed by atoms with Crippen LogP contribution in [0.2, 0.25) is 0 Å². The Hall–Kier alpha value is -0.550. The zero-order valence-corrected chi connectivity index (χ0v) is 17.7. The first kappa shape index (κ1) is 32.1. The van der Waals surface area contributed by atoms with Crippen molar-refractivity contribution >= 4 is 92.1 Å². The third kappa shape index (κ3) is 10.9. The predicted molar refractivity (Wildman–Crippen MR) is 116 cm³/mol. The lowest BCUT2D eigenvalue weighted by atomic mass is 10.1. The molecule has 11 heteroatoms. The fourth-order valence-corrected chi connectivity index (χ4v) is 2.05. The third-order valence-electron chi connectivity index (χ3n) is 1.97. The minimum absolute atomic E-state index is 0. The first-order chi connectivity index (χ1) is 10.2. The molecule has 0 aromatic carbocycles. The van der Waals surface area contributed by atoms with Crippen LogP contribution >= 0.6 is 69.0 Å². The van der Waals surface area contributed by atoms with Crippen LogP contribution in [0, 0.1) is 5.41 Å². The van der Waals surface area contributed by atoms with Crippen molar-refractivity contribution < 1.29 is 19.9 Å². The average molecular weight is 548 g/mol. The molecular formula is C14H19Cl4IN2O4+2. The second kappa shape index (κ2) is 15.7. The fourth-order valence-electron chi connectivity index (χ4n) is 1.10. The number of allylic oxidation sites excluding steroid dienone is 8. The Morgan fingerprint density at radius 3 is 1.28 bits per heavy atom. The van der Waals surface area contributed by atoms with Gasteiger partial charge in [-0.2, -0.15) is 0 Å². The van der Waals surface area contributed by atoms with Gasteiger partial charge in [0.1, 0.15) is 0 Å². The van der Waals surface area contributed by atoms with Gasteiger partial charge < -0.3 is 17.0 Å². The topological polar surface area (TPSA) is 145 Å². The number of hydrogen-bond donors (Lipinski definition) is 2. The molecule has 0 bridgehead atoms. The minimum atomic E-state index is -0.497. The van der Waals surface area contributed by atoms with E-state index in [0.717, 1.165) is 12.2 Å². The maximum absolute atomic E-state index is 10.8. The van der Waals surface area contributed by atoms with E-state index in [2.05, 4.69) is 22.6 Å². The summed E-state index contributed by atoms with van der Waals surface area (Å²) in [5.74, 6) is -1.27. The van der Waals surface area contributed by atoms with Crippen LogP contribution < -0.4 is 6.15 Å². The number of quaternary nitrogens is 1. The van der Waals surface area contributed by atoms with Crippen molar-refractivity contribution in [1.82, 2.24) is 6.15 Å². The average Bonchev–Trinajstić information content (AvgIpc) is 2.45. The first-order valence-electron chi connectivity index (χ1n) is 5.31. The van der Waals surface area contributed by atoms with Crippen LogP contribution in [-0.4, -0.2) is 28.0 Å². The summed E-state index contributed by atoms with van der Waals surface area (Å²) in [7, 11) is 0. The Kier molecular flexibility index (Phi) is 20.2. The molecule has 0 aromatic heterocycles. The van der Waals surface area contributed by atoms with Crippen LogP contribution in [0.3, 0.4) is 0 Å². The van der Waals surface area contributed by atoms with Crippen molar-refractivity contribution in [3.8, 4) is 0 Å². The van der Waals surface area contributed by atoms with E-state index in [1.807, 2.05) is 4.93 Å². The summed E-state index contributed by atoms with van der Waals surface area (Å²) in [6.07, 6.45) is 4.59. The van der Waals surface area contributed by atoms with Gasteiger partial charge in [-0.25, -0.2) is 0 Å². The summed E-state index contributed by atoms with van der Waals surface area (Å²) in [4.78, 5) is 34.0. The van der Waals surface area contributed by atoms with Crippen LogP contribution in [-0.2, 0) is 19.9 Å². The van der Waals surface area contributed by atoms with E-state index in [0.29, 0.717) is 0 Å². The smallest absolute Gasteiger partial charge is 0.215 e. The second-order valence-corrected chi connectivity index (χ2v) is 5.11. The molecular weight excluding hydrogens is 529 g/mol. The molecule has 0 spiro atoms. The molecule has 0 amide bonds. The molecule has 142 valence electrons. The standard InChI is InChI=1S/C6H3Cl2NO.C6H2Cl2O2.CH3I.CH4.H3N.H2O/c2*7-4-1-3(9)2-5(8)6(4)10;1-2;;;/h1-2,9H;1-2H;1H3;1H4;1H3;1H2/p+2. The van der Waals surface area contributed by atoms with Crippen molar-refractivity contribution in [1.29, 1.82) is 5.41 Å². The lowest BCUT2D eigenvalue weighted by Gasteiger charge is -2.02. The van der Waals surface area contributed by atoms with Gasteiger partial charge in [0, 0.05) is 12.2 Å². The van der Waals surface area contributed by atoms with Crippen LogP contribution in [0.1, 0.15) is 7.43 Å². The molecule has 0 heterocycles. The zero-order valence-electron chi connectivity index (χ0n) is 12.5. The van der Waals surface area contributed by atoms with Crippen molar-refractivity contribution in [2.75, 3.05) is 4.93 Å². The highest BCUT2D eigenvalue weighted by atomic mass is 127. The number of rotatable bonds is 0. The molecule has 0 aromatic rings. The van der Waals surface area contributed by atoms with Crippen molar-refractivity contribution in [3.63, 3.8) is 0 Å². The van der Waals surface area contributed by atoms with Gasteiger partial charge in [0.15, 0.2) is 5.78 Å². The van der Waals surface area contributed by atoms with Crippen LogP contribution in [0.4, 0.5) is 0 Å². The summed E-state index contributed by atoms with van der Waals surface area (Å²) in [5.41, 5.74) is 0.148. The van der Waals surface area contributed by atoms with E-state index in [1.165, 1.54) is 12.2 Å². The van der Waals surface area contributed by atoms with E-state index in [4.69, 9.17) is 51.8 Å². The SMILES string of the molecule is C.CI.N=C1C=C(Cl)C(=O)C(Cl)=C1.O=C1C=C(Cl)C(=O)C(Cl)=C1.[NH4+].[OH3+]. The van der Waals surface area contributed by atoms with E-state index >= 15 is 0 Å². The summed E-state index contributed by atoms with van der Waals surface area (Å²) >= 11 is 23.6. The molecule has 2 aliphatic rings. The Balaban J connectivity index is -0.000000145. The molecule has 0 fully saturated rings. The maximum atomic E-state index is 10.8. The van der Waals surface area contributed by atoms with Gasteiger partial charge in [-0.05, 0) is 17.1 Å². The lowest BCUT2D eigenvalue weighted by Crippen LogP contribution is -2.07. The molecule has 0 atom stereocenters. The van der Waals surface area contributed by atoms with Gasteiger partial charge in [-0.1, -0.05) is 76.4 Å². The number of carbonyl (C=O) groups is 3. The predicted octanol–water partition coefficient (Wildman–Crippen LogP) is 4.36. The molecule has 0 saturated heterocycles. The van der Waals surface area contributed by atoms with Gasteiger partial charge in [0.05, 0.1) is 25.8 Å². The van der Waals surface area contributed by atoms with E-state index in [1.54, 1.807) is 0 Å². The molecule has 25 heavy (non-hydrogen) atoms. The van der Waals surface area contributed by atoms with E-state index in [-0.39, 0.29) is 50.7 Å². The highest BCUT2D eigenvalue weighted by molar-refractivity contribution is 14.1. The number of Topliss-reactive ketones (excluding diaryl/α,β-unsaturated/α-hetero) is 2. The van der Waals surface area contributed by atoms with Crippen LogP contribution in [0.15, 0.2) is 44.4 Å². The second-order valence-electron chi connectivity index (χ2n) is 3.49. The Labute approximate surface area is 179 Å². The highest BCUT2D eigenvalue weighted by Gasteiger charge is 2.17. The largest absolute Gasteiger partial charge is 0.457 e. The van der Waals surface area contributed by atoms with Crippen LogP contribution in [0.25, 0.3) is 0 Å². The number of alkyl halides is 1.